The lowest BCUT2D eigenvalue weighted by Crippen LogP contribution is -2.54. The molecular formula is C30H42N2O4. The Morgan fingerprint density at radius 1 is 0.806 bits per heavy atom. The molecule has 2 amide bonds. The third-order valence-electron chi connectivity index (χ3n) is 6.10. The van der Waals surface area contributed by atoms with Crippen molar-refractivity contribution < 1.29 is 19.1 Å². The maximum Gasteiger partial charge on any atom is 0.328 e. The molecule has 0 saturated heterocycles. The van der Waals surface area contributed by atoms with Crippen molar-refractivity contribution in [3.8, 4) is 0 Å². The summed E-state index contributed by atoms with van der Waals surface area (Å²) in [6, 6.07) is 15.4. The van der Waals surface area contributed by atoms with E-state index in [4.69, 9.17) is 4.74 Å². The van der Waals surface area contributed by atoms with Crippen LogP contribution < -0.4 is 10.6 Å². The number of benzene rings is 2. The van der Waals surface area contributed by atoms with Gasteiger partial charge in [0, 0.05) is 12.0 Å². The normalized spacial score (nSPS) is 12.6. The van der Waals surface area contributed by atoms with Crippen LogP contribution in [0.5, 0.6) is 0 Å². The van der Waals surface area contributed by atoms with Crippen LogP contribution >= 0.6 is 0 Å². The summed E-state index contributed by atoms with van der Waals surface area (Å²) in [5.74, 6) is -1.36. The Balaban J connectivity index is 2.05. The number of hydrogen-bond acceptors (Lipinski definition) is 4. The lowest BCUT2D eigenvalue weighted by Gasteiger charge is -2.25. The van der Waals surface area contributed by atoms with Gasteiger partial charge >= 0.3 is 5.97 Å². The second-order valence-electron chi connectivity index (χ2n) is 9.62. The molecule has 2 aromatic carbocycles. The van der Waals surface area contributed by atoms with Crippen LogP contribution in [0.1, 0.15) is 81.3 Å². The van der Waals surface area contributed by atoms with Crippen molar-refractivity contribution in [1.82, 2.24) is 10.6 Å². The summed E-state index contributed by atoms with van der Waals surface area (Å²) in [5, 5.41) is 5.69. The number of ether oxygens (including phenoxy) is 1. The van der Waals surface area contributed by atoms with Gasteiger partial charge < -0.3 is 15.4 Å². The van der Waals surface area contributed by atoms with Crippen molar-refractivity contribution in [2.45, 2.75) is 84.7 Å². The molecule has 36 heavy (non-hydrogen) atoms. The summed E-state index contributed by atoms with van der Waals surface area (Å²) in [4.78, 5) is 38.9. The Labute approximate surface area is 216 Å². The number of carbonyl (C=O) groups is 3. The number of nitrogens with one attached hydrogen (secondary N) is 2. The molecule has 196 valence electrons. The van der Waals surface area contributed by atoms with Gasteiger partial charge in [-0.25, -0.2) is 4.79 Å². The summed E-state index contributed by atoms with van der Waals surface area (Å²) in [6.07, 6.45) is 6.79. The summed E-state index contributed by atoms with van der Waals surface area (Å²) in [5.41, 5.74) is 2.63. The summed E-state index contributed by atoms with van der Waals surface area (Å²) in [6.45, 7) is 8.14. The van der Waals surface area contributed by atoms with Gasteiger partial charge in [0.15, 0.2) is 0 Å². The van der Waals surface area contributed by atoms with Crippen molar-refractivity contribution in [3.05, 3.63) is 71.3 Å². The number of unbranched alkanes of at least 4 members (excludes halogenated alkanes) is 3. The van der Waals surface area contributed by atoms with Crippen LogP contribution in [-0.4, -0.2) is 36.5 Å². The van der Waals surface area contributed by atoms with E-state index in [9.17, 15) is 14.4 Å². The molecule has 6 nitrogen and oxygen atoms in total. The van der Waals surface area contributed by atoms with E-state index in [1.807, 2.05) is 63.2 Å². The second-order valence-corrected chi connectivity index (χ2v) is 9.62. The maximum absolute atomic E-state index is 13.2. The number of aryl methyl sites for hydroxylation is 1. The quantitative estimate of drug-likeness (QED) is 0.262. The van der Waals surface area contributed by atoms with Gasteiger partial charge in [-0.05, 0) is 48.4 Å². The standard InChI is InChI=1S/C30H42N2O4/c1-5-7-8-10-13-23-16-18-25(19-17-23)28(33)32-27(22(3)4)29(34)31-26(30(35)36-20-6-2)21-24-14-11-9-12-15-24/h9,11-12,14-19,22,26-27H,5-8,10,13,20-21H2,1-4H3,(H,31,34)(H,32,33). The molecular weight excluding hydrogens is 452 g/mol. The van der Waals surface area contributed by atoms with E-state index in [0.29, 0.717) is 25.0 Å². The molecule has 0 saturated carbocycles. The van der Waals surface area contributed by atoms with E-state index in [0.717, 1.165) is 18.4 Å². The summed E-state index contributed by atoms with van der Waals surface area (Å²) < 4.78 is 5.33. The molecule has 6 heteroatoms. The smallest absolute Gasteiger partial charge is 0.328 e. The zero-order valence-corrected chi connectivity index (χ0v) is 22.2. The van der Waals surface area contributed by atoms with Crippen molar-refractivity contribution in [2.24, 2.45) is 5.92 Å². The Morgan fingerprint density at radius 2 is 1.50 bits per heavy atom. The molecule has 2 N–H and O–H groups in total. The number of esters is 1. The minimum atomic E-state index is -0.836. The van der Waals surface area contributed by atoms with Crippen molar-refractivity contribution in [3.63, 3.8) is 0 Å². The van der Waals surface area contributed by atoms with Crippen LogP contribution in [0, 0.1) is 5.92 Å². The lowest BCUT2D eigenvalue weighted by atomic mass is 10.0. The highest BCUT2D eigenvalue weighted by atomic mass is 16.5. The SMILES string of the molecule is CCCCCCc1ccc(C(=O)NC(C(=O)NC(Cc2ccccc2)C(=O)OCCC)C(C)C)cc1. The zero-order valence-electron chi connectivity index (χ0n) is 22.2. The number of rotatable bonds is 15. The van der Waals surface area contributed by atoms with E-state index >= 15 is 0 Å². The second kappa shape index (κ2) is 15.8. The number of amides is 2. The molecule has 0 aliphatic rings. The van der Waals surface area contributed by atoms with Gasteiger partial charge in [-0.15, -0.1) is 0 Å². The molecule has 0 fully saturated rings. The minimum Gasteiger partial charge on any atom is -0.464 e. The fourth-order valence-corrected chi connectivity index (χ4v) is 3.95. The summed E-state index contributed by atoms with van der Waals surface area (Å²) in [7, 11) is 0. The molecule has 2 rings (SSSR count). The van der Waals surface area contributed by atoms with Crippen molar-refractivity contribution in [1.29, 1.82) is 0 Å². The van der Waals surface area contributed by atoms with E-state index in [1.54, 1.807) is 12.1 Å². The largest absolute Gasteiger partial charge is 0.464 e. The van der Waals surface area contributed by atoms with Gasteiger partial charge in [0.05, 0.1) is 6.61 Å². The van der Waals surface area contributed by atoms with Gasteiger partial charge in [0.1, 0.15) is 12.1 Å². The average molecular weight is 495 g/mol. The molecule has 0 aliphatic heterocycles. The maximum atomic E-state index is 13.2. The Kier molecular flexibility index (Phi) is 12.7. The van der Waals surface area contributed by atoms with Crippen LogP contribution in [0.15, 0.2) is 54.6 Å². The molecule has 2 atom stereocenters. The molecule has 0 heterocycles. The third kappa shape index (κ3) is 9.84. The van der Waals surface area contributed by atoms with E-state index in [1.165, 1.54) is 24.8 Å². The monoisotopic (exact) mass is 494 g/mol. The predicted molar refractivity (Wildman–Crippen MR) is 144 cm³/mol. The highest BCUT2D eigenvalue weighted by Gasteiger charge is 2.30. The van der Waals surface area contributed by atoms with Crippen LogP contribution in [0.25, 0.3) is 0 Å². The van der Waals surface area contributed by atoms with Crippen LogP contribution in [-0.2, 0) is 27.2 Å². The molecule has 0 aliphatic carbocycles. The lowest BCUT2D eigenvalue weighted by molar-refractivity contribution is -0.148. The summed E-state index contributed by atoms with van der Waals surface area (Å²) >= 11 is 0. The average Bonchev–Trinajstić information content (AvgIpc) is 2.88. The van der Waals surface area contributed by atoms with Gasteiger partial charge in [0.25, 0.3) is 5.91 Å². The highest BCUT2D eigenvalue weighted by Crippen LogP contribution is 2.12. The predicted octanol–water partition coefficient (Wildman–Crippen LogP) is 5.24. The first-order valence-corrected chi connectivity index (χ1v) is 13.3. The van der Waals surface area contributed by atoms with Crippen LogP contribution in [0.4, 0.5) is 0 Å². The van der Waals surface area contributed by atoms with E-state index < -0.39 is 24.0 Å². The van der Waals surface area contributed by atoms with Gasteiger partial charge in [-0.2, -0.15) is 0 Å². The van der Waals surface area contributed by atoms with E-state index in [2.05, 4.69) is 17.6 Å². The first kappa shape index (κ1) is 29.1. The number of carbonyl (C=O) groups excluding carboxylic acids is 3. The molecule has 2 aromatic rings. The first-order chi connectivity index (χ1) is 17.3. The molecule has 0 radical (unpaired) electrons. The molecule has 0 bridgehead atoms. The fraction of sp³-hybridized carbons (Fsp3) is 0.500. The fourth-order valence-electron chi connectivity index (χ4n) is 3.95. The number of hydrogen-bond donors (Lipinski definition) is 2. The molecule has 0 aromatic heterocycles. The third-order valence-corrected chi connectivity index (χ3v) is 6.10. The minimum absolute atomic E-state index is 0.171. The van der Waals surface area contributed by atoms with Gasteiger partial charge in [-0.1, -0.05) is 89.4 Å². The van der Waals surface area contributed by atoms with Gasteiger partial charge in [-0.3, -0.25) is 9.59 Å². The Bertz CT molecular complexity index is 941. The van der Waals surface area contributed by atoms with Crippen molar-refractivity contribution in [2.75, 3.05) is 6.61 Å². The van der Waals surface area contributed by atoms with Crippen LogP contribution in [0.3, 0.4) is 0 Å². The van der Waals surface area contributed by atoms with Crippen LogP contribution in [0.2, 0.25) is 0 Å². The first-order valence-electron chi connectivity index (χ1n) is 13.3. The topological polar surface area (TPSA) is 84.5 Å². The molecule has 2 unspecified atom stereocenters. The van der Waals surface area contributed by atoms with Gasteiger partial charge in [0.2, 0.25) is 5.91 Å². The van der Waals surface area contributed by atoms with E-state index in [-0.39, 0.29) is 11.8 Å². The Hall–Kier alpha value is -3.15. The van der Waals surface area contributed by atoms with Crippen molar-refractivity contribution >= 4 is 17.8 Å². The highest BCUT2D eigenvalue weighted by molar-refractivity contribution is 5.98. The Morgan fingerprint density at radius 3 is 2.11 bits per heavy atom. The molecule has 0 spiro atoms. The zero-order chi connectivity index (χ0) is 26.3.